The van der Waals surface area contributed by atoms with Gasteiger partial charge in [-0.05, 0) is 25.5 Å². The number of aryl methyl sites for hydroxylation is 2. The highest BCUT2D eigenvalue weighted by atomic mass is 16.5. The topological polar surface area (TPSA) is 97.4 Å². The molecule has 11 heteroatoms. The molecule has 0 unspecified atom stereocenters. The Morgan fingerprint density at radius 2 is 1.89 bits per heavy atom. The van der Waals surface area contributed by atoms with E-state index in [1.165, 1.54) is 0 Å². The first-order chi connectivity index (χ1) is 17.9. The molecule has 1 aromatic carbocycles. The largest absolute Gasteiger partial charge is 0.378 e. The van der Waals surface area contributed by atoms with Crippen LogP contribution in [0.1, 0.15) is 25.0 Å². The lowest BCUT2D eigenvalue weighted by Crippen LogP contribution is -2.37. The molecule has 0 aliphatic carbocycles. The molecule has 5 heterocycles. The second kappa shape index (κ2) is 9.38. The molecule has 1 amide bonds. The van der Waals surface area contributed by atoms with Crippen LogP contribution in [-0.2, 0) is 23.1 Å². The number of hydrogen-bond donors (Lipinski definition) is 0. The molecule has 2 fully saturated rings. The summed E-state index contributed by atoms with van der Waals surface area (Å²) in [6, 6.07) is 8.30. The maximum Gasteiger partial charge on any atom is 0.239 e. The lowest BCUT2D eigenvalue weighted by Gasteiger charge is -2.28. The smallest absolute Gasteiger partial charge is 0.239 e. The molecular weight excluding hydrogens is 470 g/mol. The fraction of sp³-hybridized carbons (Fsp3) is 0.500. The molecule has 0 bridgehead atoms. The van der Waals surface area contributed by atoms with Crippen LogP contribution < -0.4 is 4.90 Å². The summed E-state index contributed by atoms with van der Waals surface area (Å²) in [5.41, 5.74) is 3.51. The van der Waals surface area contributed by atoms with Gasteiger partial charge in [0.15, 0.2) is 17.0 Å². The van der Waals surface area contributed by atoms with Gasteiger partial charge in [-0.3, -0.25) is 14.3 Å². The zero-order valence-corrected chi connectivity index (χ0v) is 21.9. The van der Waals surface area contributed by atoms with Crippen molar-refractivity contribution in [2.75, 3.05) is 51.3 Å². The van der Waals surface area contributed by atoms with Gasteiger partial charge in [-0.2, -0.15) is 9.97 Å². The number of carbonyl (C=O) groups excluding carboxylic acids is 1. The van der Waals surface area contributed by atoms with E-state index in [1.54, 1.807) is 6.92 Å². The van der Waals surface area contributed by atoms with Crippen LogP contribution in [0.2, 0.25) is 0 Å². The van der Waals surface area contributed by atoms with Gasteiger partial charge in [0, 0.05) is 53.2 Å². The van der Waals surface area contributed by atoms with Crippen molar-refractivity contribution in [3.63, 3.8) is 0 Å². The van der Waals surface area contributed by atoms with Gasteiger partial charge >= 0.3 is 0 Å². The molecule has 1 atom stereocenters. The summed E-state index contributed by atoms with van der Waals surface area (Å²) in [7, 11) is 3.91. The second-order valence-electron chi connectivity index (χ2n) is 10.00. The number of amides is 1. The average Bonchev–Trinajstić information content (AvgIpc) is 3.59. The summed E-state index contributed by atoms with van der Waals surface area (Å²) < 4.78 is 9.72. The summed E-state index contributed by atoms with van der Waals surface area (Å²) in [4.78, 5) is 38.2. The standard InChI is InChI=1S/C26H33N9O2/c1-17-27-20-7-5-6-8-21(20)35(17)26-29-24-23(25(30-26)34-11-13-37-14-12-34)28-22(32(24)4)16-33-10-9-19(15-33)31(3)18(2)36/h5-8,19H,9-16H2,1-4H3/t19-/m0/s1. The van der Waals surface area contributed by atoms with E-state index in [4.69, 9.17) is 24.7 Å². The van der Waals surface area contributed by atoms with Crippen LogP contribution >= 0.6 is 0 Å². The van der Waals surface area contributed by atoms with Gasteiger partial charge in [0.2, 0.25) is 11.9 Å². The number of likely N-dealkylation sites (tertiary alicyclic amines) is 1. The second-order valence-corrected chi connectivity index (χ2v) is 10.00. The quantitative estimate of drug-likeness (QED) is 0.407. The molecule has 0 saturated carbocycles. The van der Waals surface area contributed by atoms with E-state index in [0.29, 0.717) is 25.7 Å². The summed E-state index contributed by atoms with van der Waals surface area (Å²) >= 11 is 0. The SMILES string of the molecule is CC(=O)N(C)[C@H]1CCN(Cc2nc3c(N4CCOCC4)nc(-n4c(C)nc5ccccc54)nc3n2C)C1. The Kier molecular flexibility index (Phi) is 6.04. The predicted octanol–water partition coefficient (Wildman–Crippen LogP) is 1.90. The molecule has 0 spiro atoms. The molecule has 194 valence electrons. The number of nitrogens with zero attached hydrogens (tertiary/aromatic N) is 9. The number of hydrogen-bond acceptors (Lipinski definition) is 8. The molecule has 0 radical (unpaired) electrons. The van der Waals surface area contributed by atoms with Crippen molar-refractivity contribution in [3.05, 3.63) is 35.9 Å². The van der Waals surface area contributed by atoms with Crippen LogP contribution in [0.3, 0.4) is 0 Å². The fourth-order valence-electron chi connectivity index (χ4n) is 5.45. The molecule has 2 aliphatic rings. The minimum absolute atomic E-state index is 0.106. The van der Waals surface area contributed by atoms with Crippen molar-refractivity contribution in [3.8, 4) is 5.95 Å². The zero-order valence-electron chi connectivity index (χ0n) is 21.9. The number of para-hydroxylation sites is 2. The fourth-order valence-corrected chi connectivity index (χ4v) is 5.45. The number of benzene rings is 1. The molecule has 2 saturated heterocycles. The van der Waals surface area contributed by atoms with Gasteiger partial charge in [0.05, 0.1) is 30.8 Å². The van der Waals surface area contributed by atoms with Gasteiger partial charge in [-0.25, -0.2) is 9.97 Å². The van der Waals surface area contributed by atoms with Crippen LogP contribution in [0.25, 0.3) is 28.1 Å². The van der Waals surface area contributed by atoms with Gasteiger partial charge < -0.3 is 19.1 Å². The van der Waals surface area contributed by atoms with Gasteiger partial charge in [-0.15, -0.1) is 0 Å². The van der Waals surface area contributed by atoms with Crippen molar-refractivity contribution in [1.29, 1.82) is 0 Å². The highest BCUT2D eigenvalue weighted by Gasteiger charge is 2.29. The van der Waals surface area contributed by atoms with Gasteiger partial charge in [0.1, 0.15) is 11.6 Å². The van der Waals surface area contributed by atoms with Crippen molar-refractivity contribution in [1.82, 2.24) is 38.9 Å². The van der Waals surface area contributed by atoms with Crippen molar-refractivity contribution in [2.24, 2.45) is 7.05 Å². The van der Waals surface area contributed by atoms with E-state index in [-0.39, 0.29) is 11.9 Å². The summed E-state index contributed by atoms with van der Waals surface area (Å²) in [5.74, 6) is 3.31. The molecule has 2 aliphatic heterocycles. The van der Waals surface area contributed by atoms with Gasteiger partial charge in [0.25, 0.3) is 0 Å². The number of rotatable bonds is 5. The van der Waals surface area contributed by atoms with Crippen LogP contribution in [0, 0.1) is 6.92 Å². The first-order valence-corrected chi connectivity index (χ1v) is 12.9. The Morgan fingerprint density at radius 1 is 1.11 bits per heavy atom. The van der Waals surface area contributed by atoms with E-state index in [0.717, 1.165) is 72.3 Å². The number of imidazole rings is 2. The normalized spacial score (nSPS) is 18.8. The van der Waals surface area contributed by atoms with Crippen LogP contribution in [-0.4, -0.2) is 97.3 Å². The average molecular weight is 504 g/mol. The third-order valence-corrected chi connectivity index (χ3v) is 7.68. The third kappa shape index (κ3) is 4.21. The van der Waals surface area contributed by atoms with Crippen molar-refractivity contribution >= 4 is 33.9 Å². The highest BCUT2D eigenvalue weighted by molar-refractivity contribution is 5.86. The van der Waals surface area contributed by atoms with Crippen molar-refractivity contribution < 1.29 is 9.53 Å². The molecular formula is C26H33N9O2. The summed E-state index contributed by atoms with van der Waals surface area (Å²) in [6.45, 7) is 8.91. The molecule has 0 N–H and O–H groups in total. The third-order valence-electron chi connectivity index (χ3n) is 7.68. The van der Waals surface area contributed by atoms with Crippen LogP contribution in [0.5, 0.6) is 0 Å². The highest BCUT2D eigenvalue weighted by Crippen LogP contribution is 2.29. The Bertz CT molecular complexity index is 1470. The van der Waals surface area contributed by atoms with E-state index < -0.39 is 0 Å². The summed E-state index contributed by atoms with van der Waals surface area (Å²) in [5, 5.41) is 0. The number of likely N-dealkylation sites (N-methyl/N-ethyl adjacent to an activating group) is 1. The predicted molar refractivity (Wildman–Crippen MR) is 141 cm³/mol. The van der Waals surface area contributed by atoms with Gasteiger partial charge in [-0.1, -0.05) is 12.1 Å². The Labute approximate surface area is 215 Å². The lowest BCUT2D eigenvalue weighted by atomic mass is 10.2. The Morgan fingerprint density at radius 3 is 2.68 bits per heavy atom. The lowest BCUT2D eigenvalue weighted by molar-refractivity contribution is -0.129. The number of ether oxygens (including phenoxy) is 1. The maximum atomic E-state index is 11.8. The zero-order chi connectivity index (χ0) is 25.7. The maximum absolute atomic E-state index is 11.8. The molecule has 37 heavy (non-hydrogen) atoms. The summed E-state index contributed by atoms with van der Waals surface area (Å²) in [6.07, 6.45) is 0.968. The van der Waals surface area contributed by atoms with Crippen molar-refractivity contribution in [2.45, 2.75) is 32.9 Å². The molecule has 11 nitrogen and oxygen atoms in total. The molecule has 4 aromatic rings. The number of carbonyl (C=O) groups is 1. The minimum Gasteiger partial charge on any atom is -0.378 e. The molecule has 3 aromatic heterocycles. The Balaban J connectivity index is 1.42. The monoisotopic (exact) mass is 503 g/mol. The van der Waals surface area contributed by atoms with Crippen LogP contribution in [0.4, 0.5) is 5.82 Å². The van der Waals surface area contributed by atoms with E-state index in [1.807, 2.05) is 54.8 Å². The number of anilines is 1. The number of morpholine rings is 1. The van der Waals surface area contributed by atoms with Crippen LogP contribution in [0.15, 0.2) is 24.3 Å². The van der Waals surface area contributed by atoms with E-state index in [2.05, 4.69) is 14.4 Å². The number of fused-ring (bicyclic) bond motifs is 2. The Hall–Kier alpha value is -3.57. The van der Waals surface area contributed by atoms with E-state index >= 15 is 0 Å². The first kappa shape index (κ1) is 23.8. The minimum atomic E-state index is 0.106. The first-order valence-electron chi connectivity index (χ1n) is 12.9. The number of aromatic nitrogens is 6. The van der Waals surface area contributed by atoms with E-state index in [9.17, 15) is 4.79 Å². The molecule has 6 rings (SSSR count).